The van der Waals surface area contributed by atoms with Crippen LogP contribution in [0.4, 0.5) is 4.39 Å². The van der Waals surface area contributed by atoms with Crippen LogP contribution < -0.4 is 0 Å². The summed E-state index contributed by atoms with van der Waals surface area (Å²) in [5.74, 6) is -0.177. The van der Waals surface area contributed by atoms with Crippen molar-refractivity contribution < 1.29 is 13.9 Å². The molecule has 1 atom stereocenters. The molecule has 6 heteroatoms. The van der Waals surface area contributed by atoms with E-state index in [1.807, 2.05) is 22.7 Å². The first-order valence-electron chi connectivity index (χ1n) is 8.76. The van der Waals surface area contributed by atoms with Crippen LogP contribution in [-0.4, -0.2) is 32.8 Å². The Balaban J connectivity index is 1.49. The Kier molecular flexibility index (Phi) is 4.07. The average molecular weight is 343 g/mol. The summed E-state index contributed by atoms with van der Waals surface area (Å²) in [5, 5.41) is 4.43. The van der Waals surface area contributed by atoms with Crippen molar-refractivity contribution in [2.24, 2.45) is 0 Å². The number of carbonyl (C=O) groups excluding carboxylic acids is 1. The van der Waals surface area contributed by atoms with E-state index in [2.05, 4.69) is 5.10 Å². The lowest BCUT2D eigenvalue weighted by Crippen LogP contribution is -2.48. The SMILES string of the molecule is CC1(C(=O)N2Cc3cnn(Cc4ccc(F)cc4)c3C2)CCCCO1. The maximum atomic E-state index is 13.1. The highest BCUT2D eigenvalue weighted by Gasteiger charge is 2.41. The zero-order chi connectivity index (χ0) is 17.4. The van der Waals surface area contributed by atoms with E-state index in [4.69, 9.17) is 4.74 Å². The summed E-state index contributed by atoms with van der Waals surface area (Å²) >= 11 is 0. The minimum absolute atomic E-state index is 0.0664. The predicted octanol–water partition coefficient (Wildman–Crippen LogP) is 2.87. The number of carbonyl (C=O) groups is 1. The summed E-state index contributed by atoms with van der Waals surface area (Å²) in [7, 11) is 0. The summed E-state index contributed by atoms with van der Waals surface area (Å²) in [4.78, 5) is 14.8. The number of nitrogens with zero attached hydrogens (tertiary/aromatic N) is 3. The van der Waals surface area contributed by atoms with Gasteiger partial charge < -0.3 is 9.64 Å². The van der Waals surface area contributed by atoms with Gasteiger partial charge >= 0.3 is 0 Å². The van der Waals surface area contributed by atoms with Crippen LogP contribution >= 0.6 is 0 Å². The molecule has 132 valence electrons. The van der Waals surface area contributed by atoms with Gasteiger partial charge in [-0.1, -0.05) is 12.1 Å². The Morgan fingerprint density at radius 2 is 2.08 bits per heavy atom. The van der Waals surface area contributed by atoms with Crippen molar-refractivity contribution in [2.45, 2.75) is 51.4 Å². The second-order valence-electron chi connectivity index (χ2n) is 7.10. The molecular weight excluding hydrogens is 321 g/mol. The van der Waals surface area contributed by atoms with Crippen molar-refractivity contribution in [3.63, 3.8) is 0 Å². The molecule has 1 saturated heterocycles. The Morgan fingerprint density at radius 3 is 2.80 bits per heavy atom. The molecule has 0 bridgehead atoms. The van der Waals surface area contributed by atoms with Crippen molar-refractivity contribution in [1.29, 1.82) is 0 Å². The molecule has 0 N–H and O–H groups in total. The van der Waals surface area contributed by atoms with Crippen LogP contribution in [0.3, 0.4) is 0 Å². The van der Waals surface area contributed by atoms with Gasteiger partial charge in [-0.3, -0.25) is 9.48 Å². The van der Waals surface area contributed by atoms with E-state index in [9.17, 15) is 9.18 Å². The Hall–Kier alpha value is -2.21. The van der Waals surface area contributed by atoms with Crippen LogP contribution in [0.15, 0.2) is 30.5 Å². The first-order chi connectivity index (χ1) is 12.0. The highest BCUT2D eigenvalue weighted by Crippen LogP contribution is 2.31. The first-order valence-corrected chi connectivity index (χ1v) is 8.76. The van der Waals surface area contributed by atoms with Crippen LogP contribution in [-0.2, 0) is 29.2 Å². The zero-order valence-corrected chi connectivity index (χ0v) is 14.4. The zero-order valence-electron chi connectivity index (χ0n) is 14.4. The first kappa shape index (κ1) is 16.3. The van der Waals surface area contributed by atoms with Crippen molar-refractivity contribution in [3.05, 3.63) is 53.1 Å². The number of aromatic nitrogens is 2. The molecule has 0 spiro atoms. The van der Waals surface area contributed by atoms with E-state index in [0.29, 0.717) is 26.2 Å². The number of halogens is 1. The van der Waals surface area contributed by atoms with Gasteiger partial charge in [0.25, 0.3) is 5.91 Å². The molecule has 1 fully saturated rings. The maximum absolute atomic E-state index is 13.1. The molecule has 5 nitrogen and oxygen atoms in total. The van der Waals surface area contributed by atoms with Crippen LogP contribution in [0.25, 0.3) is 0 Å². The number of hydrogen-bond donors (Lipinski definition) is 0. The largest absolute Gasteiger partial charge is 0.365 e. The number of ether oxygens (including phenoxy) is 1. The van der Waals surface area contributed by atoms with Gasteiger partial charge in [0.15, 0.2) is 0 Å². The fourth-order valence-electron chi connectivity index (χ4n) is 3.69. The smallest absolute Gasteiger partial charge is 0.255 e. The molecule has 3 heterocycles. The Morgan fingerprint density at radius 1 is 1.28 bits per heavy atom. The second kappa shape index (κ2) is 6.26. The number of fused-ring (bicyclic) bond motifs is 1. The summed E-state index contributed by atoms with van der Waals surface area (Å²) < 4.78 is 20.8. The lowest BCUT2D eigenvalue weighted by molar-refractivity contribution is -0.162. The van der Waals surface area contributed by atoms with Crippen LogP contribution in [0.1, 0.15) is 43.0 Å². The third-order valence-corrected chi connectivity index (χ3v) is 5.19. The lowest BCUT2D eigenvalue weighted by atomic mass is 9.94. The van der Waals surface area contributed by atoms with Gasteiger partial charge in [-0.15, -0.1) is 0 Å². The quantitative estimate of drug-likeness (QED) is 0.861. The molecule has 4 rings (SSSR count). The monoisotopic (exact) mass is 343 g/mol. The summed E-state index contributed by atoms with van der Waals surface area (Å²) in [6.07, 6.45) is 4.66. The third-order valence-electron chi connectivity index (χ3n) is 5.19. The van der Waals surface area contributed by atoms with Gasteiger partial charge in [0.05, 0.1) is 25.0 Å². The second-order valence-corrected chi connectivity index (χ2v) is 7.10. The minimum atomic E-state index is -0.697. The van der Waals surface area contributed by atoms with E-state index in [1.54, 1.807) is 12.1 Å². The molecule has 2 aliphatic heterocycles. The summed E-state index contributed by atoms with van der Waals surface area (Å²) in [6.45, 7) is 4.26. The normalized spacial score (nSPS) is 22.9. The third kappa shape index (κ3) is 3.06. The standard InChI is InChI=1S/C19H22FN3O2/c1-19(8-2-3-9-25-19)18(24)22-12-15-10-21-23(17(15)13-22)11-14-4-6-16(20)7-5-14/h4-7,10H,2-3,8-9,11-13H2,1H3. The molecule has 1 unspecified atom stereocenters. The van der Waals surface area contributed by atoms with Crippen molar-refractivity contribution in [1.82, 2.24) is 14.7 Å². The number of rotatable bonds is 3. The molecule has 1 aromatic heterocycles. The maximum Gasteiger partial charge on any atom is 0.255 e. The summed E-state index contributed by atoms with van der Waals surface area (Å²) in [6, 6.07) is 6.43. The number of hydrogen-bond acceptors (Lipinski definition) is 3. The average Bonchev–Trinajstić information content (AvgIpc) is 3.19. The van der Waals surface area contributed by atoms with E-state index in [0.717, 1.165) is 36.1 Å². The van der Waals surface area contributed by atoms with Crippen molar-refractivity contribution in [2.75, 3.05) is 6.61 Å². The van der Waals surface area contributed by atoms with Gasteiger partial charge in [0.1, 0.15) is 11.4 Å². The van der Waals surface area contributed by atoms with Crippen LogP contribution in [0.5, 0.6) is 0 Å². The minimum Gasteiger partial charge on any atom is -0.365 e. The number of benzene rings is 1. The highest BCUT2D eigenvalue weighted by atomic mass is 19.1. The lowest BCUT2D eigenvalue weighted by Gasteiger charge is -2.35. The van der Waals surface area contributed by atoms with Gasteiger partial charge in [-0.2, -0.15) is 5.10 Å². The molecule has 1 amide bonds. The van der Waals surface area contributed by atoms with Gasteiger partial charge in [-0.25, -0.2) is 4.39 Å². The van der Waals surface area contributed by atoms with Crippen molar-refractivity contribution >= 4 is 5.91 Å². The molecule has 0 saturated carbocycles. The fraction of sp³-hybridized carbons (Fsp3) is 0.474. The molecule has 0 aliphatic carbocycles. The van der Waals surface area contributed by atoms with Gasteiger partial charge in [0, 0.05) is 18.7 Å². The molecule has 1 aromatic carbocycles. The summed E-state index contributed by atoms with van der Waals surface area (Å²) in [5.41, 5.74) is 2.42. The molecule has 2 aromatic rings. The van der Waals surface area contributed by atoms with Crippen LogP contribution in [0.2, 0.25) is 0 Å². The van der Waals surface area contributed by atoms with E-state index < -0.39 is 5.60 Å². The van der Waals surface area contributed by atoms with Crippen molar-refractivity contribution in [3.8, 4) is 0 Å². The van der Waals surface area contributed by atoms with Crippen LogP contribution in [0, 0.1) is 5.82 Å². The fourth-order valence-corrected chi connectivity index (χ4v) is 3.69. The molecular formula is C19H22FN3O2. The highest BCUT2D eigenvalue weighted by molar-refractivity contribution is 5.85. The van der Waals surface area contributed by atoms with E-state index in [-0.39, 0.29) is 11.7 Å². The van der Waals surface area contributed by atoms with Gasteiger partial charge in [0.2, 0.25) is 0 Å². The van der Waals surface area contributed by atoms with E-state index in [1.165, 1.54) is 12.1 Å². The Bertz CT molecular complexity index is 778. The Labute approximate surface area is 146 Å². The van der Waals surface area contributed by atoms with Gasteiger partial charge in [-0.05, 0) is 43.9 Å². The van der Waals surface area contributed by atoms with E-state index >= 15 is 0 Å². The molecule has 0 radical (unpaired) electrons. The molecule has 2 aliphatic rings. The topological polar surface area (TPSA) is 47.4 Å². The number of amides is 1. The predicted molar refractivity (Wildman–Crippen MR) is 90.2 cm³/mol. The molecule has 25 heavy (non-hydrogen) atoms.